The zero-order valence-electron chi connectivity index (χ0n) is 10.1. The molecule has 2 rings (SSSR count). The minimum absolute atomic E-state index is 0.0587. The molecule has 0 atom stereocenters. The van der Waals surface area contributed by atoms with Crippen molar-refractivity contribution in [1.29, 1.82) is 0 Å². The maximum atomic E-state index is 12.3. The van der Waals surface area contributed by atoms with E-state index >= 15 is 0 Å². The summed E-state index contributed by atoms with van der Waals surface area (Å²) in [7, 11) is 0. The van der Waals surface area contributed by atoms with Crippen LogP contribution in [0.15, 0.2) is 35.7 Å². The maximum absolute atomic E-state index is 12.3. The Balaban J connectivity index is 2.39. The molecule has 3 N–H and O–H groups in total. The highest BCUT2D eigenvalue weighted by molar-refractivity contribution is 6.17. The Kier molecular flexibility index (Phi) is 3.37. The van der Waals surface area contributed by atoms with Crippen molar-refractivity contribution in [3.05, 3.63) is 35.7 Å². The van der Waals surface area contributed by atoms with Crippen LogP contribution in [0.25, 0.3) is 0 Å². The lowest BCUT2D eigenvalue weighted by molar-refractivity contribution is -0.133. The first-order valence-electron chi connectivity index (χ1n) is 5.75. The number of aromatic nitrogens is 1. The van der Waals surface area contributed by atoms with Gasteiger partial charge in [0, 0.05) is 23.5 Å². The number of hydrogen-bond acceptors (Lipinski definition) is 3. The van der Waals surface area contributed by atoms with Crippen LogP contribution in [0.5, 0.6) is 0 Å². The molecule has 7 heteroatoms. The first-order chi connectivity index (χ1) is 9.02. The van der Waals surface area contributed by atoms with Gasteiger partial charge in [0.15, 0.2) is 0 Å². The van der Waals surface area contributed by atoms with Crippen LogP contribution in [-0.2, 0) is 9.59 Å². The van der Waals surface area contributed by atoms with E-state index < -0.39 is 17.9 Å². The number of amides is 3. The molecule has 0 aliphatic heterocycles. The fourth-order valence-corrected chi connectivity index (χ4v) is 2.12. The van der Waals surface area contributed by atoms with Gasteiger partial charge in [-0.05, 0) is 31.4 Å². The van der Waals surface area contributed by atoms with Gasteiger partial charge in [-0.1, -0.05) is 0 Å². The summed E-state index contributed by atoms with van der Waals surface area (Å²) in [6, 6.07) is 2.31. The molecule has 0 unspecified atom stereocenters. The van der Waals surface area contributed by atoms with Crippen LogP contribution in [0.3, 0.4) is 0 Å². The molecule has 0 radical (unpaired) electrons. The summed E-state index contributed by atoms with van der Waals surface area (Å²) in [5, 5.41) is 9.76. The minimum atomic E-state index is -1.13. The third kappa shape index (κ3) is 2.35. The number of nitrogens with zero attached hydrogens (tertiary/aromatic N) is 2. The second-order valence-corrected chi connectivity index (χ2v) is 4.13. The Hall–Kier alpha value is -2.57. The molecule has 0 fully saturated rings. The third-order valence-electron chi connectivity index (χ3n) is 2.95. The van der Waals surface area contributed by atoms with E-state index in [-0.39, 0.29) is 11.1 Å². The maximum Gasteiger partial charge on any atom is 0.341 e. The number of carbonyl (C=O) groups excluding carboxylic acids is 2. The largest absolute Gasteiger partial charge is 0.478 e. The van der Waals surface area contributed by atoms with Crippen molar-refractivity contribution in [2.75, 3.05) is 5.01 Å². The van der Waals surface area contributed by atoms with Gasteiger partial charge in [-0.2, -0.15) is 5.01 Å². The van der Waals surface area contributed by atoms with E-state index in [4.69, 9.17) is 10.8 Å². The monoisotopic (exact) mass is 263 g/mol. The van der Waals surface area contributed by atoms with Gasteiger partial charge in [0.1, 0.15) is 0 Å². The number of hydrogen-bond donors (Lipinski definition) is 2. The van der Waals surface area contributed by atoms with Gasteiger partial charge in [-0.15, -0.1) is 0 Å². The topological polar surface area (TPSA) is 106 Å². The predicted molar refractivity (Wildman–Crippen MR) is 65.8 cm³/mol. The lowest BCUT2D eigenvalue weighted by Gasteiger charge is -2.20. The molecule has 1 aromatic heterocycles. The zero-order chi connectivity index (χ0) is 14.0. The van der Waals surface area contributed by atoms with Crippen molar-refractivity contribution in [2.24, 2.45) is 5.73 Å². The number of nitrogens with two attached hydrogens (primary N) is 1. The molecular weight excluding hydrogens is 250 g/mol. The van der Waals surface area contributed by atoms with Gasteiger partial charge in [-0.25, -0.2) is 9.59 Å². The highest BCUT2D eigenvalue weighted by Gasteiger charge is 2.31. The highest BCUT2D eigenvalue weighted by atomic mass is 16.4. The van der Waals surface area contributed by atoms with Gasteiger partial charge in [0.2, 0.25) is 0 Å². The average molecular weight is 263 g/mol. The van der Waals surface area contributed by atoms with Crippen LogP contribution in [0.2, 0.25) is 0 Å². The van der Waals surface area contributed by atoms with E-state index in [0.29, 0.717) is 19.3 Å². The number of urea groups is 1. The molecule has 3 amide bonds. The normalized spacial score (nSPS) is 14.5. The van der Waals surface area contributed by atoms with Crippen molar-refractivity contribution in [3.63, 3.8) is 0 Å². The molecule has 7 nitrogen and oxygen atoms in total. The smallest absolute Gasteiger partial charge is 0.341 e. The fraction of sp³-hybridized carbons (Fsp3) is 0.250. The number of aliphatic carboxylic acids is 1. The molecule has 0 bridgehead atoms. The summed E-state index contributed by atoms with van der Waals surface area (Å²) in [5.74, 6) is -1.81. The van der Waals surface area contributed by atoms with Crippen molar-refractivity contribution < 1.29 is 19.5 Å². The molecule has 1 aliphatic carbocycles. The van der Waals surface area contributed by atoms with E-state index in [1.54, 1.807) is 12.1 Å². The van der Waals surface area contributed by atoms with Gasteiger partial charge >= 0.3 is 12.0 Å². The van der Waals surface area contributed by atoms with Gasteiger partial charge < -0.3 is 10.8 Å². The quantitative estimate of drug-likeness (QED) is 0.832. The molecule has 0 saturated carbocycles. The van der Waals surface area contributed by atoms with Crippen molar-refractivity contribution in [2.45, 2.75) is 19.3 Å². The number of imide groups is 1. The van der Waals surface area contributed by atoms with Crippen LogP contribution >= 0.6 is 0 Å². The first kappa shape index (κ1) is 12.9. The lowest BCUT2D eigenvalue weighted by Crippen LogP contribution is -2.48. The Labute approximate surface area is 108 Å². The van der Waals surface area contributed by atoms with Crippen LogP contribution < -0.4 is 10.7 Å². The fourth-order valence-electron chi connectivity index (χ4n) is 2.12. The molecule has 0 saturated heterocycles. The van der Waals surface area contributed by atoms with Gasteiger partial charge in [0.05, 0.1) is 0 Å². The van der Waals surface area contributed by atoms with E-state index in [9.17, 15) is 14.4 Å². The number of carbonyl (C=O) groups is 3. The Morgan fingerprint density at radius 3 is 2.26 bits per heavy atom. The number of carboxylic acid groups (broad SMARTS) is 1. The van der Waals surface area contributed by atoms with Gasteiger partial charge in [0.25, 0.3) is 5.91 Å². The van der Waals surface area contributed by atoms with Gasteiger partial charge in [-0.3, -0.25) is 9.47 Å². The summed E-state index contributed by atoms with van der Waals surface area (Å²) in [4.78, 5) is 34.7. The van der Waals surface area contributed by atoms with E-state index in [2.05, 4.69) is 0 Å². The van der Waals surface area contributed by atoms with Crippen LogP contribution in [0.4, 0.5) is 4.79 Å². The Morgan fingerprint density at radius 1 is 1.16 bits per heavy atom. The summed E-state index contributed by atoms with van der Waals surface area (Å²) in [6.45, 7) is 0. The Morgan fingerprint density at radius 2 is 1.74 bits per heavy atom. The molecule has 100 valence electrons. The Bertz CT molecular complexity index is 560. The van der Waals surface area contributed by atoms with E-state index in [1.165, 1.54) is 17.1 Å². The van der Waals surface area contributed by atoms with E-state index in [0.717, 1.165) is 5.01 Å². The molecular formula is C12H13N3O4. The lowest BCUT2D eigenvalue weighted by atomic mass is 10.1. The van der Waals surface area contributed by atoms with Crippen molar-refractivity contribution in [3.8, 4) is 0 Å². The summed E-state index contributed by atoms with van der Waals surface area (Å²) in [5.41, 5.74) is 5.39. The number of primary amides is 1. The SMILES string of the molecule is NC(=O)N(C(=O)C1=C(C(=O)O)CCC1)n1cccc1. The first-order valence-corrected chi connectivity index (χ1v) is 5.75. The van der Waals surface area contributed by atoms with Crippen LogP contribution in [0.1, 0.15) is 19.3 Å². The minimum Gasteiger partial charge on any atom is -0.478 e. The highest BCUT2D eigenvalue weighted by Crippen LogP contribution is 2.27. The molecule has 19 heavy (non-hydrogen) atoms. The summed E-state index contributed by atoms with van der Waals surface area (Å²) < 4.78 is 1.23. The van der Waals surface area contributed by atoms with Crippen molar-refractivity contribution >= 4 is 17.9 Å². The molecule has 1 aliphatic rings. The molecule has 0 aromatic carbocycles. The molecule has 1 aromatic rings. The number of rotatable bonds is 3. The van der Waals surface area contributed by atoms with Crippen LogP contribution in [-0.4, -0.2) is 27.7 Å². The summed E-state index contributed by atoms with van der Waals surface area (Å²) in [6.07, 6.45) is 4.22. The van der Waals surface area contributed by atoms with E-state index in [1.807, 2.05) is 0 Å². The van der Waals surface area contributed by atoms with Crippen molar-refractivity contribution in [1.82, 2.24) is 4.68 Å². The third-order valence-corrected chi connectivity index (χ3v) is 2.95. The second-order valence-electron chi connectivity index (χ2n) is 4.13. The number of carboxylic acids is 1. The second kappa shape index (κ2) is 4.97. The van der Waals surface area contributed by atoms with Crippen LogP contribution in [0, 0.1) is 0 Å². The standard InChI is InChI=1S/C12H13N3O4/c13-12(19)15(14-6-1-2-7-14)10(16)8-4-3-5-9(8)11(17)18/h1-2,6-7H,3-5H2,(H2,13,19)(H,17,18). The predicted octanol–water partition coefficient (Wildman–Crippen LogP) is 0.596. The summed E-state index contributed by atoms with van der Waals surface area (Å²) >= 11 is 0. The molecule has 1 heterocycles. The average Bonchev–Trinajstić information content (AvgIpc) is 2.98. The molecule has 0 spiro atoms. The zero-order valence-corrected chi connectivity index (χ0v) is 10.1.